The van der Waals surface area contributed by atoms with Gasteiger partial charge in [0.2, 0.25) is 0 Å². The summed E-state index contributed by atoms with van der Waals surface area (Å²) in [6.07, 6.45) is 5.29. The Morgan fingerprint density at radius 3 is 2.32 bits per heavy atom. The van der Waals surface area contributed by atoms with Crippen LogP contribution in [0.1, 0.15) is 36.5 Å². The van der Waals surface area contributed by atoms with Crippen LogP contribution in [0, 0.1) is 11.8 Å². The molecule has 2 aromatic rings. The van der Waals surface area contributed by atoms with E-state index in [2.05, 4.69) is 48.0 Å². The summed E-state index contributed by atoms with van der Waals surface area (Å²) < 4.78 is 0. The molecule has 0 N–H and O–H groups in total. The molecule has 96 valence electrons. The number of rotatable bonds is 3. The fourth-order valence-corrected chi connectivity index (χ4v) is 1.84. The Bertz CT molecular complexity index is 573. The summed E-state index contributed by atoms with van der Waals surface area (Å²) >= 11 is 5.73. The molecule has 0 unspecified atom stereocenters. The van der Waals surface area contributed by atoms with Gasteiger partial charge in [0.05, 0.1) is 0 Å². The van der Waals surface area contributed by atoms with Crippen molar-refractivity contribution in [1.29, 1.82) is 0 Å². The predicted octanol–water partition coefficient (Wildman–Crippen LogP) is 4.48. The first kappa shape index (κ1) is 13.6. The number of benzene rings is 1. The zero-order valence-corrected chi connectivity index (χ0v) is 11.7. The number of aromatic nitrogens is 1. The fraction of sp³-hybridized carbons (Fsp3) is 0.235. The molecule has 0 atom stereocenters. The van der Waals surface area contributed by atoms with Crippen molar-refractivity contribution in [2.24, 2.45) is 0 Å². The topological polar surface area (TPSA) is 12.9 Å². The van der Waals surface area contributed by atoms with E-state index in [-0.39, 0.29) is 0 Å². The van der Waals surface area contributed by atoms with Crippen LogP contribution in [0.5, 0.6) is 0 Å². The fourth-order valence-electron chi connectivity index (χ4n) is 1.73. The number of hydrogen-bond acceptors (Lipinski definition) is 1. The SMILES string of the molecule is CCCCc1ccc(C#Cc2ccc(Cl)nc2)cc1. The Hall–Kier alpha value is -1.78. The van der Waals surface area contributed by atoms with Gasteiger partial charge in [-0.05, 0) is 42.7 Å². The van der Waals surface area contributed by atoms with Gasteiger partial charge in [-0.3, -0.25) is 0 Å². The Kier molecular flexibility index (Phi) is 5.01. The maximum atomic E-state index is 5.73. The van der Waals surface area contributed by atoms with Crippen LogP contribution in [0.2, 0.25) is 5.15 Å². The standard InChI is InChI=1S/C17H16ClN/c1-2-3-4-14-5-7-15(8-6-14)9-10-16-11-12-17(18)19-13-16/h5-8,11-13H,2-4H2,1H3. The van der Waals surface area contributed by atoms with Gasteiger partial charge >= 0.3 is 0 Å². The highest BCUT2D eigenvalue weighted by atomic mass is 35.5. The van der Waals surface area contributed by atoms with Gasteiger partial charge < -0.3 is 0 Å². The van der Waals surface area contributed by atoms with E-state index < -0.39 is 0 Å². The average molecular weight is 270 g/mol. The second kappa shape index (κ2) is 6.97. The average Bonchev–Trinajstić information content (AvgIpc) is 2.46. The highest BCUT2D eigenvalue weighted by Crippen LogP contribution is 2.08. The van der Waals surface area contributed by atoms with Crippen LogP contribution < -0.4 is 0 Å². The van der Waals surface area contributed by atoms with Gasteiger partial charge in [-0.15, -0.1) is 0 Å². The number of nitrogens with zero attached hydrogens (tertiary/aromatic N) is 1. The molecule has 0 saturated heterocycles. The lowest BCUT2D eigenvalue weighted by atomic mass is 10.1. The van der Waals surface area contributed by atoms with Gasteiger partial charge in [0.15, 0.2) is 0 Å². The van der Waals surface area contributed by atoms with Crippen LogP contribution in [-0.2, 0) is 6.42 Å². The van der Waals surface area contributed by atoms with Crippen molar-refractivity contribution < 1.29 is 0 Å². The van der Waals surface area contributed by atoms with Crippen LogP contribution in [0.3, 0.4) is 0 Å². The first-order valence-corrected chi connectivity index (χ1v) is 6.88. The molecule has 1 aromatic heterocycles. The summed E-state index contributed by atoms with van der Waals surface area (Å²) in [5.74, 6) is 6.21. The Morgan fingerprint density at radius 2 is 1.68 bits per heavy atom. The van der Waals surface area contributed by atoms with Crippen molar-refractivity contribution in [2.75, 3.05) is 0 Å². The largest absolute Gasteiger partial charge is 0.243 e. The minimum Gasteiger partial charge on any atom is -0.243 e. The zero-order chi connectivity index (χ0) is 13.5. The van der Waals surface area contributed by atoms with E-state index in [9.17, 15) is 0 Å². The minimum absolute atomic E-state index is 0.492. The summed E-state index contributed by atoms with van der Waals surface area (Å²) in [6.45, 7) is 2.21. The third-order valence-corrected chi connectivity index (χ3v) is 3.08. The maximum Gasteiger partial charge on any atom is 0.129 e. The van der Waals surface area contributed by atoms with Gasteiger partial charge in [0.1, 0.15) is 5.15 Å². The summed E-state index contributed by atoms with van der Waals surface area (Å²) in [6, 6.07) is 12.1. The lowest BCUT2D eigenvalue weighted by Crippen LogP contribution is -1.84. The molecule has 1 aromatic carbocycles. The van der Waals surface area contributed by atoms with Crippen molar-refractivity contribution >= 4 is 11.6 Å². The second-order valence-electron chi connectivity index (χ2n) is 4.42. The third-order valence-electron chi connectivity index (χ3n) is 2.85. The van der Waals surface area contributed by atoms with E-state index >= 15 is 0 Å². The zero-order valence-electron chi connectivity index (χ0n) is 11.0. The molecule has 2 heteroatoms. The predicted molar refractivity (Wildman–Crippen MR) is 80.3 cm³/mol. The molecule has 1 nitrogen and oxygen atoms in total. The molecular formula is C17H16ClN. The first-order valence-electron chi connectivity index (χ1n) is 6.50. The quantitative estimate of drug-likeness (QED) is 0.591. The first-order chi connectivity index (χ1) is 9.28. The molecule has 1 heterocycles. The van der Waals surface area contributed by atoms with Crippen LogP contribution in [0.25, 0.3) is 0 Å². The molecule has 19 heavy (non-hydrogen) atoms. The summed E-state index contributed by atoms with van der Waals surface area (Å²) in [5, 5.41) is 0.492. The van der Waals surface area contributed by atoms with Gasteiger partial charge in [0, 0.05) is 17.3 Å². The molecule has 0 aliphatic carbocycles. The molecule has 0 aliphatic heterocycles. The number of halogens is 1. The lowest BCUT2D eigenvalue weighted by Gasteiger charge is -1.99. The van der Waals surface area contributed by atoms with E-state index in [1.807, 2.05) is 6.07 Å². The van der Waals surface area contributed by atoms with E-state index in [0.29, 0.717) is 5.15 Å². The molecule has 0 amide bonds. The third kappa shape index (κ3) is 4.43. The van der Waals surface area contributed by atoms with Crippen LogP contribution in [0.15, 0.2) is 42.6 Å². The van der Waals surface area contributed by atoms with Crippen molar-refractivity contribution in [2.45, 2.75) is 26.2 Å². The lowest BCUT2D eigenvalue weighted by molar-refractivity contribution is 0.795. The Balaban J connectivity index is 2.05. The van der Waals surface area contributed by atoms with Crippen LogP contribution >= 0.6 is 11.6 Å². The van der Waals surface area contributed by atoms with Crippen molar-refractivity contribution in [3.63, 3.8) is 0 Å². The highest BCUT2D eigenvalue weighted by Gasteiger charge is 1.93. The summed E-state index contributed by atoms with van der Waals surface area (Å²) in [5.41, 5.74) is 3.27. The van der Waals surface area contributed by atoms with E-state index in [4.69, 9.17) is 11.6 Å². The molecule has 0 aliphatic rings. The van der Waals surface area contributed by atoms with Gasteiger partial charge in [0.25, 0.3) is 0 Å². The Labute approximate surface area is 119 Å². The summed E-state index contributed by atoms with van der Waals surface area (Å²) in [7, 11) is 0. The highest BCUT2D eigenvalue weighted by molar-refractivity contribution is 6.29. The molecular weight excluding hydrogens is 254 g/mol. The van der Waals surface area contributed by atoms with Crippen LogP contribution in [0.4, 0.5) is 0 Å². The maximum absolute atomic E-state index is 5.73. The van der Waals surface area contributed by atoms with E-state index in [1.165, 1.54) is 18.4 Å². The monoisotopic (exact) mass is 269 g/mol. The number of hydrogen-bond donors (Lipinski definition) is 0. The van der Waals surface area contributed by atoms with Crippen molar-refractivity contribution in [1.82, 2.24) is 4.98 Å². The van der Waals surface area contributed by atoms with E-state index in [1.54, 1.807) is 12.3 Å². The van der Waals surface area contributed by atoms with Crippen molar-refractivity contribution in [3.05, 3.63) is 64.4 Å². The van der Waals surface area contributed by atoms with Crippen LogP contribution in [-0.4, -0.2) is 4.98 Å². The van der Waals surface area contributed by atoms with E-state index in [0.717, 1.165) is 17.5 Å². The molecule has 0 radical (unpaired) electrons. The second-order valence-corrected chi connectivity index (χ2v) is 4.81. The number of aryl methyl sites for hydroxylation is 1. The van der Waals surface area contributed by atoms with Gasteiger partial charge in [-0.25, -0.2) is 4.98 Å². The molecule has 0 spiro atoms. The smallest absolute Gasteiger partial charge is 0.129 e. The van der Waals surface area contributed by atoms with Gasteiger partial charge in [-0.1, -0.05) is 48.9 Å². The molecule has 0 fully saturated rings. The summed E-state index contributed by atoms with van der Waals surface area (Å²) in [4.78, 5) is 4.00. The normalized spacial score (nSPS) is 9.79. The molecule has 0 bridgehead atoms. The van der Waals surface area contributed by atoms with Crippen molar-refractivity contribution in [3.8, 4) is 11.8 Å². The minimum atomic E-state index is 0.492. The van der Waals surface area contributed by atoms with Gasteiger partial charge in [-0.2, -0.15) is 0 Å². The molecule has 2 rings (SSSR count). The number of pyridine rings is 1. The Morgan fingerprint density at radius 1 is 1.00 bits per heavy atom. The number of unbranched alkanes of at least 4 members (excludes halogenated alkanes) is 1. The molecule has 0 saturated carbocycles.